The summed E-state index contributed by atoms with van der Waals surface area (Å²) < 4.78 is 1.42. The number of unbranched alkanes of at least 4 members (excludes halogenated alkanes) is 4. The van der Waals surface area contributed by atoms with Gasteiger partial charge in [0.25, 0.3) is 0 Å². The van der Waals surface area contributed by atoms with E-state index < -0.39 is 0 Å². The molecule has 0 spiro atoms. The van der Waals surface area contributed by atoms with Crippen LogP contribution in [0.15, 0.2) is 5.10 Å². The lowest BCUT2D eigenvalue weighted by Crippen LogP contribution is -2.50. The quantitative estimate of drug-likeness (QED) is 0.112. The first-order valence-electron chi connectivity index (χ1n) is 9.78. The molecular weight excluding hydrogens is 350 g/mol. The Morgan fingerprint density at radius 1 is 0.840 bits per heavy atom. The Morgan fingerprint density at radius 2 is 1.16 bits per heavy atom. The molecule has 0 bridgehead atoms. The zero-order valence-electron chi connectivity index (χ0n) is 16.9. The zero-order chi connectivity index (χ0) is 19.6. The Morgan fingerprint density at radius 3 is 1.32 bits per heavy atom. The van der Waals surface area contributed by atoms with Gasteiger partial charge in [-0.3, -0.25) is 5.43 Å². The maximum absolute atomic E-state index is 4.95. The van der Waals surface area contributed by atoms with Crippen LogP contribution in [0.1, 0.15) is 79.1 Å². The van der Waals surface area contributed by atoms with Gasteiger partial charge in [0.05, 0.1) is 26.2 Å². The Kier molecular flexibility index (Phi) is 19.3. The van der Waals surface area contributed by atoms with E-state index in [-0.39, 0.29) is 10.3 Å². The number of hydrogen-bond donors (Lipinski definition) is 3. The summed E-state index contributed by atoms with van der Waals surface area (Å²) in [7, 11) is 0. The number of nitrogens with zero attached hydrogens (tertiary/aromatic N) is 2. The van der Waals surface area contributed by atoms with E-state index in [1.54, 1.807) is 0 Å². The van der Waals surface area contributed by atoms with Gasteiger partial charge < -0.3 is 28.6 Å². The molecule has 0 aliphatic carbocycles. The normalized spacial score (nSPS) is 11.6. The molecule has 5 N–H and O–H groups in total. The van der Waals surface area contributed by atoms with Crippen LogP contribution in [0.3, 0.4) is 0 Å². The summed E-state index contributed by atoms with van der Waals surface area (Å²) in [6.07, 6.45) is 11.1. The highest BCUT2D eigenvalue weighted by atomic mass is 32.1. The fraction of sp³-hybridized carbons (Fsp3) is 0.889. The smallest absolute Gasteiger partial charge is 0.184 e. The molecule has 0 fully saturated rings. The molecule has 0 unspecified atom stereocenters. The topological polar surface area (TPSA) is 76.4 Å². The third-order valence-electron chi connectivity index (χ3n) is 4.22. The highest BCUT2D eigenvalue weighted by molar-refractivity contribution is 7.80. The van der Waals surface area contributed by atoms with E-state index in [1.807, 2.05) is 0 Å². The zero-order valence-corrected chi connectivity index (χ0v) is 18.5. The van der Waals surface area contributed by atoms with Crippen molar-refractivity contribution < 1.29 is 4.48 Å². The third kappa shape index (κ3) is 17.9. The van der Waals surface area contributed by atoms with E-state index in [0.29, 0.717) is 0 Å². The molecule has 0 atom stereocenters. The van der Waals surface area contributed by atoms with Gasteiger partial charge in [-0.1, -0.05) is 53.4 Å². The van der Waals surface area contributed by atoms with Crippen LogP contribution < -0.4 is 16.9 Å². The van der Waals surface area contributed by atoms with Crippen molar-refractivity contribution in [3.63, 3.8) is 0 Å². The van der Waals surface area contributed by atoms with Crippen molar-refractivity contribution in [1.29, 1.82) is 0 Å². The lowest BCUT2D eigenvalue weighted by molar-refractivity contribution is -0.929. The van der Waals surface area contributed by atoms with Crippen molar-refractivity contribution >= 4 is 35.1 Å². The second-order valence-corrected chi connectivity index (χ2v) is 7.43. The van der Waals surface area contributed by atoms with Gasteiger partial charge in [0, 0.05) is 0 Å². The molecule has 25 heavy (non-hydrogen) atoms. The number of nitrogens with two attached hydrogens (primary N) is 2. The second-order valence-electron chi connectivity index (χ2n) is 6.58. The first-order chi connectivity index (χ1) is 11.9. The molecular formula is C18H41N5S2. The average molecular weight is 392 g/mol. The molecule has 0 saturated carbocycles. The Bertz CT molecular complexity index is 307. The standard InChI is InChI=1S/C16H36N.C2H6N4S2/c1-5-9-13-17(14-10-6-2,15-11-7-3)16-12-8-4;3-1(7)5-6-2(4)8/h5-16H2,1-4H3;(H3,3,5,7)(H3,4,6,8)/q+1;/p-1. The highest BCUT2D eigenvalue weighted by Crippen LogP contribution is 2.16. The van der Waals surface area contributed by atoms with Gasteiger partial charge in [-0.15, -0.1) is 0 Å². The first-order valence-corrected chi connectivity index (χ1v) is 10.6. The van der Waals surface area contributed by atoms with Gasteiger partial charge >= 0.3 is 0 Å². The fourth-order valence-corrected chi connectivity index (χ4v) is 2.85. The predicted molar refractivity (Wildman–Crippen MR) is 118 cm³/mol. The number of thiocarbonyl (C=S) groups is 1. The van der Waals surface area contributed by atoms with Gasteiger partial charge in [-0.05, 0) is 43.1 Å². The summed E-state index contributed by atoms with van der Waals surface area (Å²) >= 11 is 8.72. The molecule has 0 radical (unpaired) electrons. The average Bonchev–Trinajstić information content (AvgIpc) is 2.59. The van der Waals surface area contributed by atoms with Crippen LogP contribution in [-0.2, 0) is 12.6 Å². The lowest BCUT2D eigenvalue weighted by atomic mass is 10.1. The number of nitrogens with one attached hydrogen (secondary N) is 1. The molecule has 0 amide bonds. The number of amidine groups is 1. The molecule has 0 aliphatic rings. The van der Waals surface area contributed by atoms with E-state index >= 15 is 0 Å². The molecule has 0 aliphatic heterocycles. The van der Waals surface area contributed by atoms with Crippen molar-refractivity contribution in [1.82, 2.24) is 5.43 Å². The van der Waals surface area contributed by atoms with Crippen LogP contribution in [0.4, 0.5) is 0 Å². The lowest BCUT2D eigenvalue weighted by Gasteiger charge is -2.39. The van der Waals surface area contributed by atoms with Crippen molar-refractivity contribution in [2.24, 2.45) is 16.6 Å². The number of rotatable bonds is 13. The Balaban J connectivity index is 0. The number of hydrogen-bond acceptors (Lipinski definition) is 3. The van der Waals surface area contributed by atoms with Gasteiger partial charge in [0.2, 0.25) is 0 Å². The minimum Gasteiger partial charge on any atom is -0.741 e. The molecule has 0 heterocycles. The SMILES string of the molecule is CCCC[N+](CCCC)(CCCC)CCCC.NC(=S)N/N=C(\N)[S-]. The Labute approximate surface area is 167 Å². The predicted octanol–water partition coefficient (Wildman–Crippen LogP) is 3.60. The van der Waals surface area contributed by atoms with Crippen molar-refractivity contribution in [3.05, 3.63) is 0 Å². The molecule has 0 aromatic carbocycles. The second kappa shape index (κ2) is 18.1. The monoisotopic (exact) mass is 391 g/mol. The van der Waals surface area contributed by atoms with Crippen LogP contribution >= 0.6 is 12.2 Å². The molecule has 0 aromatic heterocycles. The molecule has 0 aromatic rings. The van der Waals surface area contributed by atoms with Crippen molar-refractivity contribution in [3.8, 4) is 0 Å². The van der Waals surface area contributed by atoms with Gasteiger partial charge in [-0.25, -0.2) is 0 Å². The molecule has 7 heteroatoms. The van der Waals surface area contributed by atoms with E-state index in [9.17, 15) is 0 Å². The van der Waals surface area contributed by atoms with Gasteiger partial charge in [0.15, 0.2) is 5.11 Å². The molecule has 150 valence electrons. The third-order valence-corrected chi connectivity index (χ3v) is 4.40. The number of hydrazone groups is 1. The first kappa shape index (κ1) is 26.6. The fourth-order valence-electron chi connectivity index (χ4n) is 2.76. The van der Waals surface area contributed by atoms with Crippen LogP contribution in [0.25, 0.3) is 0 Å². The van der Waals surface area contributed by atoms with Crippen LogP contribution in [0.2, 0.25) is 0 Å². The van der Waals surface area contributed by atoms with E-state index in [0.717, 1.165) is 0 Å². The summed E-state index contributed by atoms with van der Waals surface area (Å²) in [6.45, 7) is 15.0. The summed E-state index contributed by atoms with van der Waals surface area (Å²) in [5, 5.41) is 3.35. The maximum atomic E-state index is 4.95. The van der Waals surface area contributed by atoms with Crippen molar-refractivity contribution in [2.45, 2.75) is 79.1 Å². The van der Waals surface area contributed by atoms with Crippen LogP contribution in [-0.4, -0.2) is 40.9 Å². The molecule has 0 rings (SSSR count). The number of quaternary nitrogens is 1. The maximum Gasteiger partial charge on any atom is 0.184 e. The summed E-state index contributed by atoms with van der Waals surface area (Å²) in [4.78, 5) is 0. The van der Waals surface area contributed by atoms with Crippen LogP contribution in [0, 0.1) is 0 Å². The minimum atomic E-state index is -0.0159. The minimum absolute atomic E-state index is 0.0159. The summed E-state index contributed by atoms with van der Waals surface area (Å²) in [5.74, 6) is 0. The van der Waals surface area contributed by atoms with E-state index in [2.05, 4.69) is 63.1 Å². The highest BCUT2D eigenvalue weighted by Gasteiger charge is 2.24. The summed E-state index contributed by atoms with van der Waals surface area (Å²) in [5.41, 5.74) is 12.1. The molecule has 5 nitrogen and oxygen atoms in total. The van der Waals surface area contributed by atoms with Gasteiger partial charge in [0.1, 0.15) is 0 Å². The van der Waals surface area contributed by atoms with Crippen LogP contribution in [0.5, 0.6) is 0 Å². The largest absolute Gasteiger partial charge is 0.741 e. The molecule has 0 saturated heterocycles. The van der Waals surface area contributed by atoms with Gasteiger partial charge in [-0.2, -0.15) is 5.10 Å². The van der Waals surface area contributed by atoms with E-state index in [1.165, 1.54) is 82.0 Å². The van der Waals surface area contributed by atoms with E-state index in [4.69, 9.17) is 11.5 Å². The summed E-state index contributed by atoms with van der Waals surface area (Å²) in [6, 6.07) is 0. The van der Waals surface area contributed by atoms with Crippen molar-refractivity contribution in [2.75, 3.05) is 26.2 Å². The Hall–Kier alpha value is -0.660.